The minimum Gasteiger partial charge on any atom is -0.166 e. The molecular formula is C32H20F6. The van der Waals surface area contributed by atoms with Crippen LogP contribution in [0.5, 0.6) is 0 Å². The van der Waals surface area contributed by atoms with Crippen LogP contribution in [0.3, 0.4) is 0 Å². The first-order valence-corrected chi connectivity index (χ1v) is 11.7. The molecule has 190 valence electrons. The number of alkyl halides is 6. The van der Waals surface area contributed by atoms with Crippen LogP contribution in [0.4, 0.5) is 26.3 Å². The molecular weight excluding hydrogens is 498 g/mol. The first-order valence-electron chi connectivity index (χ1n) is 11.7. The lowest BCUT2D eigenvalue weighted by Gasteiger charge is -2.10. The number of halogens is 6. The molecule has 0 saturated heterocycles. The molecule has 0 radical (unpaired) electrons. The van der Waals surface area contributed by atoms with Gasteiger partial charge in [-0.05, 0) is 68.8 Å². The summed E-state index contributed by atoms with van der Waals surface area (Å²) in [5, 5.41) is 0. The van der Waals surface area contributed by atoms with Crippen molar-refractivity contribution in [3.8, 4) is 44.5 Å². The molecule has 5 aromatic rings. The highest BCUT2D eigenvalue weighted by Crippen LogP contribution is 2.33. The quantitative estimate of drug-likeness (QED) is 0.208. The number of benzene rings is 5. The number of rotatable bonds is 4. The molecule has 0 heterocycles. The summed E-state index contributed by atoms with van der Waals surface area (Å²) < 4.78 is 76.8. The van der Waals surface area contributed by atoms with Crippen molar-refractivity contribution in [2.75, 3.05) is 0 Å². The molecule has 0 bridgehead atoms. The van der Waals surface area contributed by atoms with E-state index in [0.717, 1.165) is 57.6 Å². The van der Waals surface area contributed by atoms with Crippen LogP contribution in [0.2, 0.25) is 0 Å². The van der Waals surface area contributed by atoms with Crippen LogP contribution in [0, 0.1) is 0 Å². The average Bonchev–Trinajstić information content (AvgIpc) is 2.93. The fourth-order valence-electron chi connectivity index (χ4n) is 4.27. The van der Waals surface area contributed by atoms with Crippen LogP contribution < -0.4 is 0 Å². The van der Waals surface area contributed by atoms with Crippen molar-refractivity contribution in [1.29, 1.82) is 0 Å². The summed E-state index contributed by atoms with van der Waals surface area (Å²) in [6.45, 7) is 0. The van der Waals surface area contributed by atoms with E-state index in [1.165, 1.54) is 24.3 Å². The van der Waals surface area contributed by atoms with Crippen LogP contribution >= 0.6 is 0 Å². The van der Waals surface area contributed by atoms with Gasteiger partial charge in [0.05, 0.1) is 11.1 Å². The van der Waals surface area contributed by atoms with E-state index in [4.69, 9.17) is 0 Å². The molecule has 0 spiro atoms. The first kappa shape index (κ1) is 25.3. The predicted molar refractivity (Wildman–Crippen MR) is 138 cm³/mol. The Hall–Kier alpha value is -4.32. The fraction of sp³-hybridized carbons (Fsp3) is 0.0625. The highest BCUT2D eigenvalue weighted by Gasteiger charge is 2.30. The van der Waals surface area contributed by atoms with Crippen molar-refractivity contribution < 1.29 is 26.3 Å². The zero-order valence-corrected chi connectivity index (χ0v) is 19.8. The second-order valence-corrected chi connectivity index (χ2v) is 8.88. The van der Waals surface area contributed by atoms with Gasteiger partial charge < -0.3 is 0 Å². The standard InChI is InChI=1S/C32H20F6/c33-31(34,35)29-17-13-27(14-18-29)25-9-5-23(6-10-25)21-1-2-22(4-3-21)24-7-11-26(12-8-24)28-15-19-30(20-16-28)32(36,37)38/h1-20H. The molecule has 0 aromatic heterocycles. The second-order valence-electron chi connectivity index (χ2n) is 8.88. The summed E-state index contributed by atoms with van der Waals surface area (Å²) in [4.78, 5) is 0. The number of hydrogen-bond acceptors (Lipinski definition) is 0. The van der Waals surface area contributed by atoms with Gasteiger partial charge >= 0.3 is 12.4 Å². The normalized spacial score (nSPS) is 11.9. The molecule has 0 unspecified atom stereocenters. The van der Waals surface area contributed by atoms with Crippen LogP contribution in [0.15, 0.2) is 121 Å². The van der Waals surface area contributed by atoms with Crippen molar-refractivity contribution >= 4 is 0 Å². The topological polar surface area (TPSA) is 0 Å². The molecule has 6 heteroatoms. The molecule has 0 fully saturated rings. The van der Waals surface area contributed by atoms with Gasteiger partial charge in [0.1, 0.15) is 0 Å². The summed E-state index contributed by atoms with van der Waals surface area (Å²) in [5.74, 6) is 0. The van der Waals surface area contributed by atoms with Gasteiger partial charge in [-0.15, -0.1) is 0 Å². The third-order valence-corrected chi connectivity index (χ3v) is 6.41. The van der Waals surface area contributed by atoms with E-state index in [2.05, 4.69) is 0 Å². The zero-order valence-electron chi connectivity index (χ0n) is 19.8. The molecule has 0 saturated carbocycles. The maximum Gasteiger partial charge on any atom is 0.416 e. The molecule has 5 aromatic carbocycles. The fourth-order valence-corrected chi connectivity index (χ4v) is 4.27. The Bertz CT molecular complexity index is 1390. The predicted octanol–water partition coefficient (Wildman–Crippen LogP) is 10.4. The van der Waals surface area contributed by atoms with Gasteiger partial charge in [0, 0.05) is 0 Å². The Kier molecular flexibility index (Phi) is 6.57. The summed E-state index contributed by atoms with van der Waals surface area (Å²) in [6, 6.07) is 33.4. The third kappa shape index (κ3) is 5.49. The first-order chi connectivity index (χ1) is 18.1. The average molecular weight is 519 g/mol. The lowest BCUT2D eigenvalue weighted by atomic mass is 9.96. The summed E-state index contributed by atoms with van der Waals surface area (Å²) >= 11 is 0. The molecule has 0 atom stereocenters. The Balaban J connectivity index is 1.29. The Morgan fingerprint density at radius 1 is 0.237 bits per heavy atom. The van der Waals surface area contributed by atoms with Gasteiger partial charge in [-0.1, -0.05) is 97.1 Å². The smallest absolute Gasteiger partial charge is 0.166 e. The molecule has 0 nitrogen and oxygen atoms in total. The van der Waals surface area contributed by atoms with Crippen molar-refractivity contribution in [2.24, 2.45) is 0 Å². The zero-order chi connectivity index (χ0) is 26.9. The van der Waals surface area contributed by atoms with Gasteiger partial charge in [0.2, 0.25) is 0 Å². The van der Waals surface area contributed by atoms with Gasteiger partial charge in [-0.25, -0.2) is 0 Å². The Morgan fingerprint density at radius 2 is 0.368 bits per heavy atom. The van der Waals surface area contributed by atoms with E-state index in [0.29, 0.717) is 11.1 Å². The van der Waals surface area contributed by atoms with Gasteiger partial charge in [0.25, 0.3) is 0 Å². The summed E-state index contributed by atoms with van der Waals surface area (Å²) in [5.41, 5.74) is 5.66. The van der Waals surface area contributed by atoms with E-state index < -0.39 is 23.5 Å². The molecule has 5 rings (SSSR count). The largest absolute Gasteiger partial charge is 0.416 e. The maximum atomic E-state index is 12.8. The minimum atomic E-state index is -4.36. The molecule has 0 aliphatic heterocycles. The molecule has 0 amide bonds. The van der Waals surface area contributed by atoms with Crippen molar-refractivity contribution in [3.63, 3.8) is 0 Å². The lowest BCUT2D eigenvalue weighted by molar-refractivity contribution is -0.138. The Labute approximate surface area is 215 Å². The maximum absolute atomic E-state index is 12.8. The van der Waals surface area contributed by atoms with Crippen molar-refractivity contribution in [3.05, 3.63) is 132 Å². The highest BCUT2D eigenvalue weighted by molar-refractivity contribution is 5.75. The molecule has 38 heavy (non-hydrogen) atoms. The van der Waals surface area contributed by atoms with Crippen LogP contribution in [-0.2, 0) is 12.4 Å². The van der Waals surface area contributed by atoms with Crippen molar-refractivity contribution in [1.82, 2.24) is 0 Å². The molecule has 0 aliphatic carbocycles. The lowest BCUT2D eigenvalue weighted by Crippen LogP contribution is -2.03. The van der Waals surface area contributed by atoms with Gasteiger partial charge in [-0.3, -0.25) is 0 Å². The van der Waals surface area contributed by atoms with Crippen molar-refractivity contribution in [2.45, 2.75) is 12.4 Å². The Morgan fingerprint density at radius 3 is 0.500 bits per heavy atom. The van der Waals surface area contributed by atoms with Crippen LogP contribution in [0.25, 0.3) is 44.5 Å². The van der Waals surface area contributed by atoms with E-state index in [9.17, 15) is 26.3 Å². The summed E-state index contributed by atoms with van der Waals surface area (Å²) in [7, 11) is 0. The second kappa shape index (κ2) is 9.86. The third-order valence-electron chi connectivity index (χ3n) is 6.41. The van der Waals surface area contributed by atoms with Crippen LogP contribution in [-0.4, -0.2) is 0 Å². The molecule has 0 aliphatic rings. The van der Waals surface area contributed by atoms with E-state index in [1.807, 2.05) is 72.8 Å². The summed E-state index contributed by atoms with van der Waals surface area (Å²) in [6.07, 6.45) is -8.72. The molecule has 0 N–H and O–H groups in total. The highest BCUT2D eigenvalue weighted by atomic mass is 19.4. The van der Waals surface area contributed by atoms with Gasteiger partial charge in [0.15, 0.2) is 0 Å². The van der Waals surface area contributed by atoms with Gasteiger partial charge in [-0.2, -0.15) is 26.3 Å². The van der Waals surface area contributed by atoms with E-state index in [-0.39, 0.29) is 0 Å². The van der Waals surface area contributed by atoms with E-state index >= 15 is 0 Å². The van der Waals surface area contributed by atoms with E-state index in [1.54, 1.807) is 0 Å². The number of hydrogen-bond donors (Lipinski definition) is 0. The monoisotopic (exact) mass is 518 g/mol. The SMILES string of the molecule is FC(F)(F)c1ccc(-c2ccc(-c3ccc(-c4ccc(-c5ccc(C(F)(F)F)cc5)cc4)cc3)cc2)cc1. The minimum absolute atomic E-state index is 0.674. The van der Waals surface area contributed by atoms with Crippen LogP contribution in [0.1, 0.15) is 11.1 Å².